The molecule has 0 amide bonds. The fourth-order valence-corrected chi connectivity index (χ4v) is 0. The van der Waals surface area contributed by atoms with E-state index in [4.69, 9.17) is 14.4 Å². The second kappa shape index (κ2) is 11.8. The van der Waals surface area contributed by atoms with Gasteiger partial charge in [0.2, 0.25) is 0 Å². The van der Waals surface area contributed by atoms with Crippen molar-refractivity contribution >= 4 is 150 Å². The van der Waals surface area contributed by atoms with E-state index < -0.39 is 6.95 Å². The first-order chi connectivity index (χ1) is 2.00. The van der Waals surface area contributed by atoms with Crippen LogP contribution in [0.3, 0.4) is 0 Å². The molecule has 0 aromatic rings. The summed E-state index contributed by atoms with van der Waals surface area (Å²) in [7, 11) is 0. The molecular weight excluding hydrogens is 379 g/mol. The van der Waals surface area contributed by atoms with E-state index in [9.17, 15) is 0 Å². The maximum atomic E-state index is 8.87. The van der Waals surface area contributed by atoms with E-state index in [2.05, 4.69) is 11.2 Å². The van der Waals surface area contributed by atoms with Gasteiger partial charge in [0.05, 0.1) is 0 Å². The van der Waals surface area contributed by atoms with Crippen molar-refractivity contribution in [1.29, 1.82) is 0 Å². The van der Waals surface area contributed by atoms with Crippen molar-refractivity contribution in [3.63, 3.8) is 0 Å². The third kappa shape index (κ3) is 45.3. The summed E-state index contributed by atoms with van der Waals surface area (Å²) < 4.78 is 8.87. The Morgan fingerprint density at radius 2 is 1.38 bits per heavy atom. The average Bonchev–Trinajstić information content (AvgIpc) is 0.722. The Labute approximate surface area is 160 Å². The van der Waals surface area contributed by atoms with Crippen LogP contribution in [0.15, 0.2) is 0 Å². The first-order valence-electron chi connectivity index (χ1n) is 0.717. The van der Waals surface area contributed by atoms with Crippen molar-refractivity contribution in [1.82, 2.24) is 0 Å². The van der Waals surface area contributed by atoms with Crippen molar-refractivity contribution in [2.75, 3.05) is 0 Å². The first kappa shape index (κ1) is 23.0. The Balaban J connectivity index is -0.0000000267. The Kier molecular flexibility index (Phi) is 33.8. The van der Waals surface area contributed by atoms with E-state index in [0.717, 1.165) is 0 Å². The fraction of sp³-hybridized carbons (Fsp3) is 0. The molecule has 0 radical (unpaired) electrons. The fourth-order valence-electron chi connectivity index (χ4n) is 0. The molecule has 0 heterocycles. The van der Waals surface area contributed by atoms with Crippen LogP contribution in [0.1, 0.15) is 0 Å². The van der Waals surface area contributed by atoms with Crippen molar-refractivity contribution in [2.24, 2.45) is 0 Å². The zero-order valence-electron chi connectivity index (χ0n) is 2.76. The van der Waals surface area contributed by atoms with E-state index in [1.165, 1.54) is 0 Å². The molecule has 0 saturated carbocycles. The SMILES string of the molecule is O=P([O-])([O-])Cl.[BaH2].[Ca+2].[SrH2]. The minimum absolute atomic E-state index is 0. The van der Waals surface area contributed by atoms with Crippen molar-refractivity contribution in [2.45, 2.75) is 0 Å². The molecule has 0 aliphatic rings. The zero-order valence-corrected chi connectivity index (χ0v) is 6.62. The quantitative estimate of drug-likeness (QED) is 0.328. The molecule has 0 fully saturated rings. The molecule has 0 aliphatic carbocycles. The molecule has 0 atom stereocenters. The Morgan fingerprint density at radius 3 is 1.38 bits per heavy atom. The van der Waals surface area contributed by atoms with Gasteiger partial charge in [-0.2, -0.15) is 0 Å². The van der Waals surface area contributed by atoms with Crippen LogP contribution in [0.5, 0.6) is 0 Å². The van der Waals surface area contributed by atoms with Gasteiger partial charge in [0, 0.05) is 6.95 Å². The molecule has 0 N–H and O–H groups in total. The summed E-state index contributed by atoms with van der Waals surface area (Å²) in [6, 6.07) is 0. The van der Waals surface area contributed by atoms with Crippen LogP contribution in [0.4, 0.5) is 0 Å². The van der Waals surface area contributed by atoms with Crippen LogP contribution in [0.2, 0.25) is 0 Å². The standard InChI is InChI=1S/Ba.Ca.ClH2O3P.Sr.4H/c;;1-5(2,3)4;;;;;/h;;(H2,2,3,4);;;;;/q;+2;;;;;;/p-2. The molecule has 0 rings (SSSR count). The van der Waals surface area contributed by atoms with Crippen molar-refractivity contribution in [3.8, 4) is 0 Å². The second-order valence-electron chi connectivity index (χ2n) is 0.431. The molecule has 8 heteroatoms. The van der Waals surface area contributed by atoms with Crippen molar-refractivity contribution in [3.05, 3.63) is 0 Å². The molecule has 0 saturated heterocycles. The maximum absolute atomic E-state index is 8.87. The molecule has 0 bridgehead atoms. The summed E-state index contributed by atoms with van der Waals surface area (Å²) in [4.78, 5) is 17.7. The Hall–Kier alpha value is 4.75. The van der Waals surface area contributed by atoms with E-state index in [1.54, 1.807) is 0 Å². The summed E-state index contributed by atoms with van der Waals surface area (Å²) in [5.41, 5.74) is 0. The predicted molar refractivity (Wildman–Crippen MR) is 36.3 cm³/mol. The topological polar surface area (TPSA) is 63.2 Å². The molecule has 0 aromatic carbocycles. The normalized spacial score (nSPS) is 7.38. The molecule has 40 valence electrons. The van der Waals surface area contributed by atoms with E-state index in [1.807, 2.05) is 0 Å². The third-order valence-electron chi connectivity index (χ3n) is 0. The van der Waals surface area contributed by atoms with Gasteiger partial charge in [0.1, 0.15) is 0 Å². The average molecular weight is 383 g/mol. The van der Waals surface area contributed by atoms with E-state index in [-0.39, 0.29) is 132 Å². The van der Waals surface area contributed by atoms with Gasteiger partial charge in [-0.25, -0.2) is 0 Å². The van der Waals surface area contributed by atoms with Gasteiger partial charge >= 0.3 is 132 Å². The van der Waals surface area contributed by atoms with Crippen LogP contribution in [0.25, 0.3) is 0 Å². The Bertz CT molecular complexity index is 65.4. The molecule has 0 unspecified atom stereocenters. The van der Waals surface area contributed by atoms with Crippen LogP contribution < -0.4 is 9.79 Å². The number of hydrogen-bond acceptors (Lipinski definition) is 3. The van der Waals surface area contributed by atoms with Crippen LogP contribution in [0, 0.1) is 0 Å². The summed E-state index contributed by atoms with van der Waals surface area (Å²) in [6.07, 6.45) is 0. The number of hydrogen-bond donors (Lipinski definition) is 0. The molecule has 0 aromatic heterocycles. The van der Waals surface area contributed by atoms with Gasteiger partial charge < -0.3 is 14.4 Å². The number of halogens is 1. The van der Waals surface area contributed by atoms with Crippen LogP contribution >= 0.6 is 18.2 Å². The first-order valence-corrected chi connectivity index (χ1v) is 3.16. The van der Waals surface area contributed by atoms with Crippen molar-refractivity contribution < 1.29 is 14.4 Å². The second-order valence-corrected chi connectivity index (χ2v) is 2.53. The van der Waals surface area contributed by atoms with Gasteiger partial charge in [-0.1, -0.05) is 11.2 Å². The van der Waals surface area contributed by atoms with Gasteiger partial charge in [-0.15, -0.1) is 0 Å². The van der Waals surface area contributed by atoms with E-state index >= 15 is 0 Å². The van der Waals surface area contributed by atoms with Crippen LogP contribution in [-0.4, -0.2) is 132 Å². The summed E-state index contributed by atoms with van der Waals surface area (Å²) in [6.45, 7) is -4.67. The zero-order chi connectivity index (χ0) is 4.50. The number of rotatable bonds is 0. The molecule has 3 nitrogen and oxygen atoms in total. The van der Waals surface area contributed by atoms with Gasteiger partial charge in [0.25, 0.3) is 0 Å². The molecule has 0 aliphatic heterocycles. The third-order valence-corrected chi connectivity index (χ3v) is 0. The molecular formula is H4BaCaClO3PSr. The minimum atomic E-state index is -4.67. The summed E-state index contributed by atoms with van der Waals surface area (Å²) >= 11 is 3.97. The molecule has 0 spiro atoms. The van der Waals surface area contributed by atoms with Gasteiger partial charge in [-0.05, 0) is 0 Å². The monoisotopic (exact) mass is 384 g/mol. The van der Waals surface area contributed by atoms with Crippen LogP contribution in [-0.2, 0) is 4.57 Å². The van der Waals surface area contributed by atoms with E-state index in [0.29, 0.717) is 0 Å². The predicted octanol–water partition coefficient (Wildman–Crippen LogP) is -3.16. The summed E-state index contributed by atoms with van der Waals surface area (Å²) in [5, 5.41) is 0. The molecule has 8 heavy (non-hydrogen) atoms. The van der Waals surface area contributed by atoms with Gasteiger partial charge in [0.15, 0.2) is 0 Å². The summed E-state index contributed by atoms with van der Waals surface area (Å²) in [5.74, 6) is 0. The Morgan fingerprint density at radius 1 is 1.38 bits per heavy atom. The van der Waals surface area contributed by atoms with Gasteiger partial charge in [-0.3, -0.25) is 0 Å².